The smallest absolute Gasteiger partial charge is 0.256 e. The van der Waals surface area contributed by atoms with E-state index in [1.807, 2.05) is 36.4 Å². The van der Waals surface area contributed by atoms with E-state index in [4.69, 9.17) is 0 Å². The van der Waals surface area contributed by atoms with Crippen LogP contribution in [-0.2, 0) is 5.75 Å². The zero-order chi connectivity index (χ0) is 15.2. The topological polar surface area (TPSA) is 42.0 Å². The predicted molar refractivity (Wildman–Crippen MR) is 92.5 cm³/mol. The van der Waals surface area contributed by atoms with Gasteiger partial charge in [-0.25, -0.2) is 0 Å². The average molecular weight is 326 g/mol. The van der Waals surface area contributed by atoms with Crippen LogP contribution < -0.4 is 5.32 Å². The number of pyridine rings is 1. The Morgan fingerprint density at radius 2 is 2.05 bits per heavy atom. The van der Waals surface area contributed by atoms with E-state index in [1.54, 1.807) is 41.6 Å². The van der Waals surface area contributed by atoms with Crippen LogP contribution in [0.5, 0.6) is 0 Å². The highest BCUT2D eigenvalue weighted by Crippen LogP contribution is 2.28. The monoisotopic (exact) mass is 326 g/mol. The second-order valence-corrected chi connectivity index (χ2v) is 6.61. The first-order valence-corrected chi connectivity index (χ1v) is 8.65. The Labute approximate surface area is 137 Å². The summed E-state index contributed by atoms with van der Waals surface area (Å²) < 4.78 is 0. The summed E-state index contributed by atoms with van der Waals surface area (Å²) in [6.45, 7) is 0. The number of amides is 1. The maximum absolute atomic E-state index is 12.4. The molecular formula is C17H14N2OS2. The molecular weight excluding hydrogens is 312 g/mol. The quantitative estimate of drug-likeness (QED) is 0.692. The molecule has 1 aromatic carbocycles. The third-order valence-electron chi connectivity index (χ3n) is 3.00. The van der Waals surface area contributed by atoms with Gasteiger partial charge >= 0.3 is 0 Å². The van der Waals surface area contributed by atoms with Gasteiger partial charge < -0.3 is 5.32 Å². The minimum atomic E-state index is -0.109. The number of carbonyl (C=O) groups is 1. The Morgan fingerprint density at radius 3 is 2.82 bits per heavy atom. The van der Waals surface area contributed by atoms with Crippen molar-refractivity contribution in [2.45, 2.75) is 10.6 Å². The van der Waals surface area contributed by atoms with Crippen LogP contribution in [0.2, 0.25) is 0 Å². The van der Waals surface area contributed by atoms with Crippen molar-refractivity contribution in [3.63, 3.8) is 0 Å². The first-order chi connectivity index (χ1) is 10.8. The first kappa shape index (κ1) is 14.8. The average Bonchev–Trinajstić information content (AvgIpc) is 3.07. The number of anilines is 1. The minimum absolute atomic E-state index is 0.109. The number of nitrogens with one attached hydrogen (secondary N) is 1. The number of hydrogen-bond acceptors (Lipinski definition) is 4. The summed E-state index contributed by atoms with van der Waals surface area (Å²) in [6.07, 6.45) is 3.32. The Hall–Kier alpha value is -2.11. The molecule has 0 aliphatic heterocycles. The summed E-state index contributed by atoms with van der Waals surface area (Å²) in [7, 11) is 0. The van der Waals surface area contributed by atoms with E-state index in [-0.39, 0.29) is 5.91 Å². The van der Waals surface area contributed by atoms with Crippen LogP contribution in [0, 0.1) is 0 Å². The fourth-order valence-corrected chi connectivity index (χ4v) is 3.78. The molecule has 5 heteroatoms. The van der Waals surface area contributed by atoms with Crippen LogP contribution in [0.3, 0.4) is 0 Å². The van der Waals surface area contributed by atoms with E-state index >= 15 is 0 Å². The highest BCUT2D eigenvalue weighted by Gasteiger charge is 2.12. The van der Waals surface area contributed by atoms with E-state index in [0.29, 0.717) is 11.3 Å². The van der Waals surface area contributed by atoms with Crippen molar-refractivity contribution in [1.29, 1.82) is 0 Å². The molecule has 0 aliphatic rings. The summed E-state index contributed by atoms with van der Waals surface area (Å²) in [5.74, 6) is 0.761. The van der Waals surface area contributed by atoms with E-state index in [2.05, 4.69) is 21.7 Å². The fourth-order valence-electron chi connectivity index (χ4n) is 1.96. The summed E-state index contributed by atoms with van der Waals surface area (Å²) in [5, 5.41) is 4.95. The second kappa shape index (κ2) is 7.24. The molecule has 2 aromatic heterocycles. The maximum atomic E-state index is 12.4. The van der Waals surface area contributed by atoms with Crippen molar-refractivity contribution in [2.75, 3.05) is 5.32 Å². The number of aromatic nitrogens is 1. The van der Waals surface area contributed by atoms with Crippen molar-refractivity contribution in [1.82, 2.24) is 4.98 Å². The SMILES string of the molecule is O=C(Nc1cccnc1)c1ccccc1SCc1cccs1. The van der Waals surface area contributed by atoms with Gasteiger partial charge in [0.1, 0.15) is 0 Å². The summed E-state index contributed by atoms with van der Waals surface area (Å²) in [5.41, 5.74) is 1.39. The molecule has 0 saturated heterocycles. The number of carbonyl (C=O) groups excluding carboxylic acids is 1. The van der Waals surface area contributed by atoms with E-state index < -0.39 is 0 Å². The van der Waals surface area contributed by atoms with Crippen molar-refractivity contribution < 1.29 is 4.79 Å². The molecule has 0 spiro atoms. The standard InChI is InChI=1S/C17H14N2OS2/c20-17(19-13-5-3-9-18-11-13)15-7-1-2-8-16(15)22-12-14-6-4-10-21-14/h1-11H,12H2,(H,19,20). The zero-order valence-corrected chi connectivity index (χ0v) is 13.4. The molecule has 0 atom stereocenters. The van der Waals surface area contributed by atoms with Crippen LogP contribution >= 0.6 is 23.1 Å². The molecule has 0 unspecified atom stereocenters. The van der Waals surface area contributed by atoms with Crippen LogP contribution in [-0.4, -0.2) is 10.9 Å². The van der Waals surface area contributed by atoms with Crippen LogP contribution in [0.1, 0.15) is 15.2 Å². The van der Waals surface area contributed by atoms with Gasteiger partial charge in [0.2, 0.25) is 0 Å². The van der Waals surface area contributed by atoms with Crippen molar-refractivity contribution >= 4 is 34.7 Å². The van der Waals surface area contributed by atoms with Crippen molar-refractivity contribution in [3.05, 3.63) is 76.7 Å². The molecule has 22 heavy (non-hydrogen) atoms. The number of thiophene rings is 1. The largest absolute Gasteiger partial charge is 0.321 e. The minimum Gasteiger partial charge on any atom is -0.321 e. The highest BCUT2D eigenvalue weighted by atomic mass is 32.2. The summed E-state index contributed by atoms with van der Waals surface area (Å²) in [4.78, 5) is 18.7. The molecule has 2 heterocycles. The van der Waals surface area contributed by atoms with E-state index in [1.165, 1.54) is 4.88 Å². The molecule has 3 rings (SSSR count). The van der Waals surface area contributed by atoms with Crippen molar-refractivity contribution in [3.8, 4) is 0 Å². The molecule has 3 aromatic rings. The third-order valence-corrected chi connectivity index (χ3v) is 5.18. The Bertz CT molecular complexity index is 742. The number of hydrogen-bond donors (Lipinski definition) is 1. The first-order valence-electron chi connectivity index (χ1n) is 6.78. The normalized spacial score (nSPS) is 10.4. The van der Waals surface area contributed by atoms with Gasteiger partial charge in [0.05, 0.1) is 17.4 Å². The molecule has 0 saturated carbocycles. The molecule has 0 fully saturated rings. The summed E-state index contributed by atoms with van der Waals surface area (Å²) >= 11 is 3.41. The number of benzene rings is 1. The molecule has 0 radical (unpaired) electrons. The Morgan fingerprint density at radius 1 is 1.14 bits per heavy atom. The zero-order valence-electron chi connectivity index (χ0n) is 11.7. The summed E-state index contributed by atoms with van der Waals surface area (Å²) in [6, 6.07) is 15.4. The lowest BCUT2D eigenvalue weighted by molar-refractivity contribution is 0.102. The fraction of sp³-hybridized carbons (Fsp3) is 0.0588. The molecule has 0 aliphatic carbocycles. The van der Waals surface area contributed by atoms with E-state index in [0.717, 1.165) is 10.6 Å². The lowest BCUT2D eigenvalue weighted by Gasteiger charge is -2.09. The second-order valence-electron chi connectivity index (χ2n) is 4.56. The van der Waals surface area contributed by atoms with Gasteiger partial charge in [0.25, 0.3) is 5.91 Å². The lowest BCUT2D eigenvalue weighted by Crippen LogP contribution is -2.13. The van der Waals surface area contributed by atoms with Gasteiger partial charge in [-0.05, 0) is 35.7 Å². The van der Waals surface area contributed by atoms with Gasteiger partial charge in [-0.3, -0.25) is 9.78 Å². The highest BCUT2D eigenvalue weighted by molar-refractivity contribution is 7.98. The lowest BCUT2D eigenvalue weighted by atomic mass is 10.2. The van der Waals surface area contributed by atoms with Gasteiger partial charge in [-0.15, -0.1) is 23.1 Å². The predicted octanol–water partition coefficient (Wildman–Crippen LogP) is 4.69. The Kier molecular flexibility index (Phi) is 4.88. The Balaban J connectivity index is 1.74. The van der Waals surface area contributed by atoms with Gasteiger partial charge in [0, 0.05) is 21.7 Å². The van der Waals surface area contributed by atoms with Gasteiger partial charge in [-0.2, -0.15) is 0 Å². The number of nitrogens with zero attached hydrogens (tertiary/aromatic N) is 1. The van der Waals surface area contributed by atoms with Gasteiger partial charge in [-0.1, -0.05) is 18.2 Å². The maximum Gasteiger partial charge on any atom is 0.256 e. The number of thioether (sulfide) groups is 1. The van der Waals surface area contributed by atoms with Crippen LogP contribution in [0.4, 0.5) is 5.69 Å². The van der Waals surface area contributed by atoms with Gasteiger partial charge in [0.15, 0.2) is 0 Å². The molecule has 110 valence electrons. The number of rotatable bonds is 5. The van der Waals surface area contributed by atoms with Crippen LogP contribution in [0.15, 0.2) is 71.2 Å². The van der Waals surface area contributed by atoms with E-state index in [9.17, 15) is 4.79 Å². The molecule has 0 bridgehead atoms. The van der Waals surface area contributed by atoms with Crippen molar-refractivity contribution in [2.24, 2.45) is 0 Å². The van der Waals surface area contributed by atoms with Crippen LogP contribution in [0.25, 0.3) is 0 Å². The molecule has 3 nitrogen and oxygen atoms in total. The molecule has 1 amide bonds. The third kappa shape index (κ3) is 3.75. The molecule has 1 N–H and O–H groups in total.